The van der Waals surface area contributed by atoms with E-state index in [1.807, 2.05) is 65.3 Å². The average molecular weight is 405 g/mol. The highest BCUT2D eigenvalue weighted by atomic mass is 35.5. The van der Waals surface area contributed by atoms with Crippen LogP contribution >= 0.6 is 11.6 Å². The lowest BCUT2D eigenvalue weighted by Crippen LogP contribution is -2.00. The summed E-state index contributed by atoms with van der Waals surface area (Å²) in [5.41, 5.74) is 5.23. The first kappa shape index (κ1) is 19.1. The van der Waals surface area contributed by atoms with Gasteiger partial charge in [-0.05, 0) is 43.3 Å². The number of methoxy groups -OCH3 is 2. The lowest BCUT2D eigenvalue weighted by Gasteiger charge is -2.12. The largest absolute Gasteiger partial charge is 0.496 e. The Morgan fingerprint density at radius 1 is 0.759 bits per heavy atom. The summed E-state index contributed by atoms with van der Waals surface area (Å²) < 4.78 is 13.0. The molecule has 0 unspecified atom stereocenters. The van der Waals surface area contributed by atoms with Crippen LogP contribution in [0.4, 0.5) is 0 Å². The minimum Gasteiger partial charge on any atom is -0.496 e. The molecule has 0 atom stereocenters. The van der Waals surface area contributed by atoms with Crippen molar-refractivity contribution in [2.75, 3.05) is 14.2 Å². The molecule has 0 bridgehead atoms. The van der Waals surface area contributed by atoms with Crippen molar-refractivity contribution in [2.24, 2.45) is 0 Å². The van der Waals surface area contributed by atoms with Crippen molar-refractivity contribution in [1.29, 1.82) is 0 Å². The second kappa shape index (κ2) is 8.02. The van der Waals surface area contributed by atoms with Crippen LogP contribution in [0.1, 0.15) is 5.56 Å². The van der Waals surface area contributed by atoms with Crippen molar-refractivity contribution in [3.8, 4) is 39.7 Å². The molecule has 3 aromatic carbocycles. The zero-order valence-electron chi connectivity index (χ0n) is 16.5. The van der Waals surface area contributed by atoms with Gasteiger partial charge in [0.15, 0.2) is 0 Å². The Kier molecular flexibility index (Phi) is 5.28. The Morgan fingerprint density at radius 2 is 1.31 bits per heavy atom. The van der Waals surface area contributed by atoms with Crippen molar-refractivity contribution in [2.45, 2.75) is 6.92 Å². The maximum Gasteiger partial charge on any atom is 0.128 e. The van der Waals surface area contributed by atoms with Gasteiger partial charge in [-0.25, -0.2) is 4.68 Å². The molecule has 0 aliphatic rings. The Morgan fingerprint density at radius 3 is 1.93 bits per heavy atom. The molecular formula is C24H21ClN2O2. The second-order valence-electron chi connectivity index (χ2n) is 6.66. The highest BCUT2D eigenvalue weighted by molar-refractivity contribution is 6.36. The summed E-state index contributed by atoms with van der Waals surface area (Å²) in [7, 11) is 3.30. The minimum absolute atomic E-state index is 0.541. The van der Waals surface area contributed by atoms with E-state index in [2.05, 4.69) is 19.1 Å². The number of halogens is 1. The van der Waals surface area contributed by atoms with Crippen LogP contribution in [0, 0.1) is 6.92 Å². The van der Waals surface area contributed by atoms with Gasteiger partial charge in [0.2, 0.25) is 0 Å². The lowest BCUT2D eigenvalue weighted by molar-refractivity contribution is 0.416. The van der Waals surface area contributed by atoms with E-state index < -0.39 is 0 Å². The van der Waals surface area contributed by atoms with Crippen LogP contribution in [0.3, 0.4) is 0 Å². The van der Waals surface area contributed by atoms with Gasteiger partial charge in [-0.15, -0.1) is 0 Å². The van der Waals surface area contributed by atoms with Gasteiger partial charge < -0.3 is 9.47 Å². The van der Waals surface area contributed by atoms with Crippen LogP contribution in [0.25, 0.3) is 28.2 Å². The average Bonchev–Trinajstić information content (AvgIpc) is 3.10. The zero-order chi connectivity index (χ0) is 20.4. The number of hydrogen-bond acceptors (Lipinski definition) is 3. The maximum absolute atomic E-state index is 6.94. The lowest BCUT2D eigenvalue weighted by atomic mass is 10.1. The van der Waals surface area contributed by atoms with Crippen LogP contribution in [0.2, 0.25) is 5.02 Å². The number of ether oxygens (including phenoxy) is 2. The molecule has 4 rings (SSSR count). The summed E-state index contributed by atoms with van der Waals surface area (Å²) in [5.74, 6) is 1.45. The van der Waals surface area contributed by atoms with E-state index in [1.54, 1.807) is 14.2 Å². The Hall–Kier alpha value is -3.24. The third-order valence-electron chi connectivity index (χ3n) is 4.83. The van der Waals surface area contributed by atoms with E-state index in [1.165, 1.54) is 5.56 Å². The zero-order valence-corrected chi connectivity index (χ0v) is 17.3. The first-order chi connectivity index (χ1) is 14.1. The molecule has 146 valence electrons. The SMILES string of the molecule is COc1ccccc1-c1nn(-c2ccc(C)cc2)c(-c2ccccc2OC)c1Cl. The van der Waals surface area contributed by atoms with Gasteiger partial charge in [-0.3, -0.25) is 0 Å². The highest BCUT2D eigenvalue weighted by Gasteiger charge is 2.24. The van der Waals surface area contributed by atoms with Gasteiger partial charge in [0.05, 0.1) is 30.6 Å². The third kappa shape index (κ3) is 3.47. The Bertz CT molecular complexity index is 1150. The smallest absolute Gasteiger partial charge is 0.128 e. The molecule has 5 heteroatoms. The first-order valence-electron chi connectivity index (χ1n) is 9.26. The fraction of sp³-hybridized carbons (Fsp3) is 0.125. The summed E-state index contributed by atoms with van der Waals surface area (Å²) >= 11 is 6.94. The van der Waals surface area contributed by atoms with Crippen LogP contribution in [0.15, 0.2) is 72.8 Å². The van der Waals surface area contributed by atoms with Crippen molar-refractivity contribution in [3.63, 3.8) is 0 Å². The van der Waals surface area contributed by atoms with Crippen LogP contribution in [0.5, 0.6) is 11.5 Å². The van der Waals surface area contributed by atoms with Crippen molar-refractivity contribution < 1.29 is 9.47 Å². The molecule has 1 heterocycles. The number of benzene rings is 3. The molecule has 0 saturated heterocycles. The van der Waals surface area contributed by atoms with Gasteiger partial charge in [-0.1, -0.05) is 53.6 Å². The molecule has 0 aliphatic carbocycles. The van der Waals surface area contributed by atoms with Crippen molar-refractivity contribution >= 4 is 11.6 Å². The number of nitrogens with zero attached hydrogens (tertiary/aromatic N) is 2. The first-order valence-corrected chi connectivity index (χ1v) is 9.64. The summed E-state index contributed by atoms with van der Waals surface area (Å²) in [6.45, 7) is 2.06. The molecule has 0 N–H and O–H groups in total. The van der Waals surface area contributed by atoms with E-state index in [-0.39, 0.29) is 0 Å². The quantitative estimate of drug-likeness (QED) is 0.398. The number of aryl methyl sites for hydroxylation is 1. The van der Waals surface area contributed by atoms with E-state index in [0.717, 1.165) is 34.0 Å². The molecule has 29 heavy (non-hydrogen) atoms. The standard InChI is InChI=1S/C24H21ClN2O2/c1-16-12-14-17(15-13-16)27-24(19-9-5-7-11-21(19)29-3)22(25)23(26-27)18-8-4-6-10-20(18)28-2/h4-15H,1-3H3. The van der Waals surface area contributed by atoms with Gasteiger partial charge in [0, 0.05) is 11.1 Å². The van der Waals surface area contributed by atoms with Gasteiger partial charge >= 0.3 is 0 Å². The van der Waals surface area contributed by atoms with Crippen molar-refractivity contribution in [3.05, 3.63) is 83.4 Å². The monoisotopic (exact) mass is 404 g/mol. The van der Waals surface area contributed by atoms with E-state index in [4.69, 9.17) is 26.2 Å². The fourth-order valence-corrected chi connectivity index (χ4v) is 3.68. The van der Waals surface area contributed by atoms with Gasteiger partial charge in [0.25, 0.3) is 0 Å². The Labute approximate surface area is 175 Å². The molecule has 0 fully saturated rings. The third-order valence-corrected chi connectivity index (χ3v) is 5.19. The predicted molar refractivity (Wildman–Crippen MR) is 117 cm³/mol. The second-order valence-corrected chi connectivity index (χ2v) is 7.04. The van der Waals surface area contributed by atoms with Gasteiger partial charge in [0.1, 0.15) is 17.2 Å². The number of rotatable bonds is 5. The molecule has 0 saturated carbocycles. The Balaban J connectivity index is 2.02. The highest BCUT2D eigenvalue weighted by Crippen LogP contribution is 2.43. The van der Waals surface area contributed by atoms with Crippen molar-refractivity contribution in [1.82, 2.24) is 9.78 Å². The number of para-hydroxylation sites is 2. The van der Waals surface area contributed by atoms with E-state index in [0.29, 0.717) is 10.7 Å². The maximum atomic E-state index is 6.94. The molecule has 4 aromatic rings. The molecule has 0 amide bonds. The van der Waals surface area contributed by atoms with Crippen LogP contribution in [-0.2, 0) is 0 Å². The fourth-order valence-electron chi connectivity index (χ4n) is 3.36. The van der Waals surface area contributed by atoms with Gasteiger partial charge in [-0.2, -0.15) is 5.10 Å². The molecule has 0 radical (unpaired) electrons. The van der Waals surface area contributed by atoms with Crippen LogP contribution in [-0.4, -0.2) is 24.0 Å². The van der Waals surface area contributed by atoms with E-state index in [9.17, 15) is 0 Å². The number of aromatic nitrogens is 2. The summed E-state index contributed by atoms with van der Waals surface area (Å²) in [6, 6.07) is 23.7. The molecule has 0 aliphatic heterocycles. The van der Waals surface area contributed by atoms with E-state index >= 15 is 0 Å². The van der Waals surface area contributed by atoms with Crippen LogP contribution < -0.4 is 9.47 Å². The molecule has 0 spiro atoms. The molecular weight excluding hydrogens is 384 g/mol. The summed E-state index contributed by atoms with van der Waals surface area (Å²) in [6.07, 6.45) is 0. The predicted octanol–water partition coefficient (Wildman–Crippen LogP) is 6.19. The molecule has 4 nitrogen and oxygen atoms in total. The summed E-state index contributed by atoms with van der Waals surface area (Å²) in [5, 5.41) is 5.43. The summed E-state index contributed by atoms with van der Waals surface area (Å²) in [4.78, 5) is 0. The topological polar surface area (TPSA) is 36.3 Å². The normalized spacial score (nSPS) is 10.8. The minimum atomic E-state index is 0.541. The number of hydrogen-bond donors (Lipinski definition) is 0. The molecule has 1 aromatic heterocycles.